The molecule has 1 saturated carbocycles. The van der Waals surface area contributed by atoms with Crippen LogP contribution in [0, 0.1) is 6.92 Å². The van der Waals surface area contributed by atoms with E-state index < -0.39 is 0 Å². The van der Waals surface area contributed by atoms with Crippen LogP contribution in [0.5, 0.6) is 5.75 Å². The molecule has 5 heteroatoms. The van der Waals surface area contributed by atoms with Gasteiger partial charge in [-0.25, -0.2) is 4.98 Å². The van der Waals surface area contributed by atoms with E-state index in [1.807, 2.05) is 12.3 Å². The van der Waals surface area contributed by atoms with Crippen LogP contribution in [0.4, 0.5) is 0 Å². The fourth-order valence-corrected chi connectivity index (χ4v) is 2.99. The van der Waals surface area contributed by atoms with Gasteiger partial charge in [-0.2, -0.15) is 0 Å². The smallest absolute Gasteiger partial charge is 0.133 e. The van der Waals surface area contributed by atoms with Gasteiger partial charge in [0.2, 0.25) is 0 Å². The molecule has 0 atom stereocenters. The summed E-state index contributed by atoms with van der Waals surface area (Å²) in [6.07, 6.45) is 4.58. The largest absolute Gasteiger partial charge is 0.496 e. The van der Waals surface area contributed by atoms with Gasteiger partial charge >= 0.3 is 0 Å². The Balaban J connectivity index is 1.76. The van der Waals surface area contributed by atoms with Gasteiger partial charge < -0.3 is 14.6 Å². The number of aromatic nitrogens is 2. The van der Waals surface area contributed by atoms with Crippen molar-refractivity contribution in [1.29, 1.82) is 0 Å². The number of nitrogens with zero attached hydrogens (tertiary/aromatic N) is 2. The molecule has 0 bridgehead atoms. The molecule has 0 aliphatic heterocycles. The van der Waals surface area contributed by atoms with Crippen molar-refractivity contribution in [3.8, 4) is 5.75 Å². The topological polar surface area (TPSA) is 39.1 Å². The van der Waals surface area contributed by atoms with Crippen LogP contribution in [0.25, 0.3) is 0 Å². The second kappa shape index (κ2) is 6.20. The molecule has 0 unspecified atom stereocenters. The van der Waals surface area contributed by atoms with E-state index in [0.29, 0.717) is 6.04 Å². The molecule has 21 heavy (non-hydrogen) atoms. The Morgan fingerprint density at radius 1 is 1.43 bits per heavy atom. The van der Waals surface area contributed by atoms with Crippen LogP contribution in [0.2, 0.25) is 0 Å². The maximum Gasteiger partial charge on any atom is 0.133 e. The summed E-state index contributed by atoms with van der Waals surface area (Å²) in [5, 5.41) is 3.55. The zero-order chi connectivity index (χ0) is 14.8. The van der Waals surface area contributed by atoms with Crippen LogP contribution < -0.4 is 10.1 Å². The third kappa shape index (κ3) is 3.47. The summed E-state index contributed by atoms with van der Waals surface area (Å²) >= 11 is 3.54. The molecule has 1 fully saturated rings. The van der Waals surface area contributed by atoms with Gasteiger partial charge in [0.05, 0.1) is 17.3 Å². The lowest BCUT2D eigenvalue weighted by Gasteiger charge is -2.12. The van der Waals surface area contributed by atoms with Crippen molar-refractivity contribution < 1.29 is 4.74 Å². The summed E-state index contributed by atoms with van der Waals surface area (Å²) in [5.74, 6) is 1.91. The number of nitrogens with one attached hydrogen (secondary N) is 1. The average molecular weight is 350 g/mol. The van der Waals surface area contributed by atoms with E-state index >= 15 is 0 Å². The SMILES string of the molecule is COc1ccc(Cn2c(CNC3CC3)cnc2C)cc1Br. The fourth-order valence-electron chi connectivity index (χ4n) is 2.40. The molecule has 1 aromatic carbocycles. The first-order valence-corrected chi connectivity index (χ1v) is 8.03. The minimum absolute atomic E-state index is 0.712. The van der Waals surface area contributed by atoms with Crippen molar-refractivity contribution in [3.63, 3.8) is 0 Å². The molecule has 2 aromatic rings. The normalized spacial score (nSPS) is 14.4. The first-order valence-electron chi connectivity index (χ1n) is 7.24. The highest BCUT2D eigenvalue weighted by molar-refractivity contribution is 9.10. The second-order valence-electron chi connectivity index (χ2n) is 5.51. The molecule has 1 aliphatic rings. The average Bonchev–Trinajstić information content (AvgIpc) is 3.24. The van der Waals surface area contributed by atoms with Gasteiger partial charge in [-0.15, -0.1) is 0 Å². The van der Waals surface area contributed by atoms with Crippen LogP contribution in [0.1, 0.15) is 29.9 Å². The monoisotopic (exact) mass is 349 g/mol. The Labute approximate surface area is 133 Å². The summed E-state index contributed by atoms with van der Waals surface area (Å²) in [7, 11) is 1.68. The Kier molecular flexibility index (Phi) is 4.31. The van der Waals surface area contributed by atoms with Gasteiger partial charge in [0.15, 0.2) is 0 Å². The maximum atomic E-state index is 5.28. The van der Waals surface area contributed by atoms with Gasteiger partial charge in [0.25, 0.3) is 0 Å². The summed E-state index contributed by atoms with van der Waals surface area (Å²) in [5.41, 5.74) is 2.47. The molecule has 112 valence electrons. The van der Waals surface area contributed by atoms with Gasteiger partial charge in [-0.1, -0.05) is 6.07 Å². The van der Waals surface area contributed by atoms with Gasteiger partial charge in [-0.05, 0) is 53.4 Å². The summed E-state index contributed by atoms with van der Waals surface area (Å²) in [4.78, 5) is 4.45. The highest BCUT2D eigenvalue weighted by atomic mass is 79.9. The van der Waals surface area contributed by atoms with Crippen molar-refractivity contribution in [2.24, 2.45) is 0 Å². The van der Waals surface area contributed by atoms with Crippen LogP contribution >= 0.6 is 15.9 Å². The van der Waals surface area contributed by atoms with E-state index in [1.54, 1.807) is 7.11 Å². The number of hydrogen-bond donors (Lipinski definition) is 1. The lowest BCUT2D eigenvalue weighted by Crippen LogP contribution is -2.18. The molecule has 4 nitrogen and oxygen atoms in total. The van der Waals surface area contributed by atoms with Crippen LogP contribution in [-0.2, 0) is 13.1 Å². The summed E-state index contributed by atoms with van der Waals surface area (Å²) < 4.78 is 8.53. The molecule has 0 spiro atoms. The third-order valence-electron chi connectivity index (χ3n) is 3.84. The standard InChI is InChI=1S/C16H20BrN3O/c1-11-18-8-14(9-19-13-4-5-13)20(11)10-12-3-6-16(21-2)15(17)7-12/h3,6-8,13,19H,4-5,9-10H2,1-2H3. The predicted octanol–water partition coefficient (Wildman–Crippen LogP) is 3.26. The zero-order valence-corrected chi connectivity index (χ0v) is 14.0. The number of imidazole rings is 1. The highest BCUT2D eigenvalue weighted by Gasteiger charge is 2.21. The first-order chi connectivity index (χ1) is 10.2. The molecule has 0 saturated heterocycles. The number of halogens is 1. The number of benzene rings is 1. The Hall–Kier alpha value is -1.33. The van der Waals surface area contributed by atoms with E-state index in [1.165, 1.54) is 24.1 Å². The molecule has 3 rings (SSSR count). The Morgan fingerprint density at radius 3 is 2.90 bits per heavy atom. The summed E-state index contributed by atoms with van der Waals surface area (Å²) in [6.45, 7) is 3.78. The Morgan fingerprint density at radius 2 is 2.24 bits per heavy atom. The van der Waals surface area contributed by atoms with Crippen molar-refractivity contribution in [1.82, 2.24) is 14.9 Å². The molecule has 0 amide bonds. The van der Waals surface area contributed by atoms with Crippen LogP contribution in [0.15, 0.2) is 28.9 Å². The van der Waals surface area contributed by atoms with Crippen molar-refractivity contribution in [2.75, 3.05) is 7.11 Å². The quantitative estimate of drug-likeness (QED) is 0.869. The minimum atomic E-state index is 0.712. The molecule has 0 radical (unpaired) electrons. The van der Waals surface area contributed by atoms with Gasteiger partial charge in [0.1, 0.15) is 11.6 Å². The number of rotatable bonds is 6. The number of ether oxygens (including phenoxy) is 1. The maximum absolute atomic E-state index is 5.28. The molecule has 1 aromatic heterocycles. The lowest BCUT2D eigenvalue weighted by atomic mass is 10.2. The van der Waals surface area contributed by atoms with E-state index in [4.69, 9.17) is 4.74 Å². The first kappa shape index (κ1) is 14.6. The predicted molar refractivity (Wildman–Crippen MR) is 86.6 cm³/mol. The molecule has 1 N–H and O–H groups in total. The molecule has 1 heterocycles. The van der Waals surface area contributed by atoms with E-state index in [9.17, 15) is 0 Å². The highest BCUT2D eigenvalue weighted by Crippen LogP contribution is 2.26. The molecule has 1 aliphatic carbocycles. The van der Waals surface area contributed by atoms with E-state index in [2.05, 4.69) is 49.9 Å². The van der Waals surface area contributed by atoms with Crippen molar-refractivity contribution in [2.45, 2.75) is 38.9 Å². The Bertz CT molecular complexity index is 634. The van der Waals surface area contributed by atoms with E-state index in [-0.39, 0.29) is 0 Å². The number of hydrogen-bond acceptors (Lipinski definition) is 3. The molecular formula is C16H20BrN3O. The third-order valence-corrected chi connectivity index (χ3v) is 4.46. The zero-order valence-electron chi connectivity index (χ0n) is 12.4. The summed E-state index contributed by atoms with van der Waals surface area (Å²) in [6, 6.07) is 6.91. The van der Waals surface area contributed by atoms with E-state index in [0.717, 1.165) is 29.1 Å². The van der Waals surface area contributed by atoms with Gasteiger partial charge in [0, 0.05) is 25.3 Å². The minimum Gasteiger partial charge on any atom is -0.496 e. The number of aryl methyl sites for hydroxylation is 1. The molecular weight excluding hydrogens is 330 g/mol. The van der Waals surface area contributed by atoms with Crippen LogP contribution in [-0.4, -0.2) is 22.7 Å². The van der Waals surface area contributed by atoms with Crippen LogP contribution in [0.3, 0.4) is 0 Å². The second-order valence-corrected chi connectivity index (χ2v) is 6.36. The lowest BCUT2D eigenvalue weighted by molar-refractivity contribution is 0.412. The fraction of sp³-hybridized carbons (Fsp3) is 0.438. The van der Waals surface area contributed by atoms with Crippen molar-refractivity contribution >= 4 is 15.9 Å². The van der Waals surface area contributed by atoms with Gasteiger partial charge in [-0.3, -0.25) is 0 Å². The van der Waals surface area contributed by atoms with Crippen molar-refractivity contribution in [3.05, 3.63) is 46.0 Å². The number of methoxy groups -OCH3 is 1.